The number of nitrogens with one attached hydrogen (secondary N) is 1. The summed E-state index contributed by atoms with van der Waals surface area (Å²) in [5.41, 5.74) is 6.60. The minimum atomic E-state index is -4.74. The molecule has 0 atom stereocenters. The Balaban J connectivity index is 2.20. The van der Waals surface area contributed by atoms with Gasteiger partial charge in [-0.3, -0.25) is 0 Å². The van der Waals surface area contributed by atoms with E-state index in [2.05, 4.69) is 46.9 Å². The summed E-state index contributed by atoms with van der Waals surface area (Å²) < 4.78 is 41.2. The number of halogens is 5. The lowest BCUT2D eigenvalue weighted by Gasteiger charge is -2.13. The molecule has 1 aromatic carbocycles. The fraction of sp³-hybridized carbons (Fsp3) is 0.0833. The van der Waals surface area contributed by atoms with Crippen LogP contribution in [-0.2, 0) is 0 Å². The van der Waals surface area contributed by atoms with Crippen molar-refractivity contribution >= 4 is 49.1 Å². The number of benzene rings is 1. The largest absolute Gasteiger partial charge is 0.573 e. The van der Waals surface area contributed by atoms with Crippen LogP contribution in [0.25, 0.3) is 0 Å². The first-order valence-corrected chi connectivity index (χ1v) is 7.06. The highest BCUT2D eigenvalue weighted by Gasteiger charge is 2.31. The Kier molecular flexibility index (Phi) is 4.62. The molecule has 2 aromatic rings. The average Bonchev–Trinajstić information content (AvgIpc) is 2.35. The van der Waals surface area contributed by atoms with E-state index in [0.717, 1.165) is 0 Å². The van der Waals surface area contributed by atoms with Crippen LogP contribution in [0.4, 0.5) is 30.4 Å². The summed E-state index contributed by atoms with van der Waals surface area (Å²) in [6, 6.07) is 5.75. The van der Waals surface area contributed by atoms with Gasteiger partial charge in [-0.2, -0.15) is 0 Å². The van der Waals surface area contributed by atoms with Crippen LogP contribution in [0.5, 0.6) is 5.75 Å². The number of nitrogens with two attached hydrogens (primary N) is 1. The topological polar surface area (TPSA) is 60.2 Å². The lowest BCUT2D eigenvalue weighted by Crippen LogP contribution is -2.17. The van der Waals surface area contributed by atoms with Gasteiger partial charge in [0.15, 0.2) is 0 Å². The molecule has 9 heteroatoms. The number of hydrogen-bond donors (Lipinski definition) is 2. The van der Waals surface area contributed by atoms with Crippen molar-refractivity contribution in [2.45, 2.75) is 6.36 Å². The van der Waals surface area contributed by atoms with E-state index in [-0.39, 0.29) is 10.2 Å². The lowest BCUT2D eigenvalue weighted by molar-refractivity contribution is -0.274. The molecule has 21 heavy (non-hydrogen) atoms. The summed E-state index contributed by atoms with van der Waals surface area (Å²) in [4.78, 5) is 4.08. The second kappa shape index (κ2) is 6.10. The SMILES string of the molecule is Nc1cnc(Nc2ccc(OC(F)(F)F)c(Br)c2)c(Br)c1. The fourth-order valence-electron chi connectivity index (χ4n) is 1.47. The summed E-state index contributed by atoms with van der Waals surface area (Å²) in [5.74, 6) is 0.165. The predicted octanol–water partition coefficient (Wildman–Crippen LogP) is 4.83. The van der Waals surface area contributed by atoms with E-state index >= 15 is 0 Å². The lowest BCUT2D eigenvalue weighted by atomic mass is 10.3. The first kappa shape index (κ1) is 15.9. The quantitative estimate of drug-likeness (QED) is 0.737. The van der Waals surface area contributed by atoms with Crippen molar-refractivity contribution < 1.29 is 17.9 Å². The van der Waals surface area contributed by atoms with Gasteiger partial charge in [-0.05, 0) is 56.1 Å². The van der Waals surface area contributed by atoms with Crippen molar-refractivity contribution in [3.05, 3.63) is 39.4 Å². The molecule has 0 unspecified atom stereocenters. The molecule has 0 saturated heterocycles. The molecule has 3 N–H and O–H groups in total. The number of pyridine rings is 1. The highest BCUT2D eigenvalue weighted by molar-refractivity contribution is 9.11. The van der Waals surface area contributed by atoms with Gasteiger partial charge in [0.2, 0.25) is 0 Å². The number of rotatable bonds is 3. The van der Waals surface area contributed by atoms with Crippen LogP contribution in [0.1, 0.15) is 0 Å². The Morgan fingerprint density at radius 3 is 2.43 bits per heavy atom. The minimum Gasteiger partial charge on any atom is -0.405 e. The number of nitrogen functional groups attached to an aromatic ring is 1. The molecule has 1 aromatic heterocycles. The minimum absolute atomic E-state index is 0.163. The standard InChI is InChI=1S/C12H8Br2F3N3O/c13-8-4-7(1-2-10(8)21-12(15,16)17)20-11-9(14)3-6(18)5-19-11/h1-5H,18H2,(H,19,20). The Morgan fingerprint density at radius 1 is 1.14 bits per heavy atom. The molecule has 4 nitrogen and oxygen atoms in total. The van der Waals surface area contributed by atoms with Gasteiger partial charge >= 0.3 is 6.36 Å². The normalized spacial score (nSPS) is 11.3. The summed E-state index contributed by atoms with van der Waals surface area (Å²) in [5, 5.41) is 2.95. The van der Waals surface area contributed by atoms with E-state index in [1.54, 1.807) is 6.07 Å². The van der Waals surface area contributed by atoms with Crippen molar-refractivity contribution in [3.8, 4) is 5.75 Å². The molecule has 0 amide bonds. The van der Waals surface area contributed by atoms with Crippen LogP contribution in [0.2, 0.25) is 0 Å². The van der Waals surface area contributed by atoms with Gasteiger partial charge in [0.1, 0.15) is 11.6 Å². The Hall–Kier alpha value is -1.48. The highest BCUT2D eigenvalue weighted by Crippen LogP contribution is 2.34. The van der Waals surface area contributed by atoms with Gasteiger partial charge in [-0.25, -0.2) is 4.98 Å². The van der Waals surface area contributed by atoms with Crippen LogP contribution >= 0.6 is 31.9 Å². The maximum atomic E-state index is 12.2. The number of nitrogens with zero attached hydrogens (tertiary/aromatic N) is 1. The number of ether oxygens (including phenoxy) is 1. The highest BCUT2D eigenvalue weighted by atomic mass is 79.9. The summed E-state index contributed by atoms with van der Waals surface area (Å²) >= 11 is 6.31. The van der Waals surface area contributed by atoms with Gasteiger partial charge in [0, 0.05) is 5.69 Å². The van der Waals surface area contributed by atoms with Crippen molar-refractivity contribution in [1.82, 2.24) is 4.98 Å². The second-order valence-corrected chi connectivity index (χ2v) is 5.63. The molecular weight excluding hydrogens is 419 g/mol. The van der Waals surface area contributed by atoms with E-state index in [0.29, 0.717) is 21.7 Å². The second-order valence-electron chi connectivity index (χ2n) is 3.92. The molecule has 0 aliphatic heterocycles. The third kappa shape index (κ3) is 4.50. The maximum absolute atomic E-state index is 12.2. The smallest absolute Gasteiger partial charge is 0.405 e. The van der Waals surface area contributed by atoms with Crippen molar-refractivity contribution in [2.24, 2.45) is 0 Å². The van der Waals surface area contributed by atoms with E-state index < -0.39 is 6.36 Å². The molecule has 0 fully saturated rings. The third-order valence-electron chi connectivity index (χ3n) is 2.28. The predicted molar refractivity (Wildman–Crippen MR) is 80.5 cm³/mol. The molecule has 0 aliphatic rings. The molecule has 0 aliphatic carbocycles. The zero-order valence-electron chi connectivity index (χ0n) is 10.2. The number of aromatic nitrogens is 1. The summed E-state index contributed by atoms with van der Waals surface area (Å²) in [7, 11) is 0. The van der Waals surface area contributed by atoms with Gasteiger partial charge in [-0.15, -0.1) is 13.2 Å². The van der Waals surface area contributed by atoms with E-state index in [4.69, 9.17) is 5.73 Å². The first-order chi connectivity index (χ1) is 9.74. The Labute approximate surface area is 134 Å². The van der Waals surface area contributed by atoms with Gasteiger partial charge in [-0.1, -0.05) is 0 Å². The van der Waals surface area contributed by atoms with E-state index in [1.165, 1.54) is 24.4 Å². The monoisotopic (exact) mass is 425 g/mol. The van der Waals surface area contributed by atoms with Crippen LogP contribution < -0.4 is 15.8 Å². The van der Waals surface area contributed by atoms with Crippen LogP contribution in [-0.4, -0.2) is 11.3 Å². The van der Waals surface area contributed by atoms with E-state index in [1.807, 2.05) is 0 Å². The molecule has 0 bridgehead atoms. The molecule has 112 valence electrons. The third-order valence-corrected chi connectivity index (χ3v) is 3.51. The van der Waals surface area contributed by atoms with Crippen LogP contribution in [0.3, 0.4) is 0 Å². The Morgan fingerprint density at radius 2 is 1.86 bits per heavy atom. The molecule has 2 rings (SSSR count). The molecule has 0 saturated carbocycles. The first-order valence-electron chi connectivity index (χ1n) is 5.48. The van der Waals surface area contributed by atoms with Crippen molar-refractivity contribution in [1.29, 1.82) is 0 Å². The summed E-state index contributed by atoms with van der Waals surface area (Å²) in [6.45, 7) is 0. The fourth-order valence-corrected chi connectivity index (χ4v) is 2.39. The van der Waals surface area contributed by atoms with Gasteiger partial charge < -0.3 is 15.8 Å². The van der Waals surface area contributed by atoms with Crippen molar-refractivity contribution in [2.75, 3.05) is 11.1 Å². The Bertz CT molecular complexity index is 665. The zero-order valence-corrected chi connectivity index (χ0v) is 13.4. The summed E-state index contributed by atoms with van der Waals surface area (Å²) in [6.07, 6.45) is -3.28. The molecular formula is C12H8Br2F3N3O. The van der Waals surface area contributed by atoms with E-state index in [9.17, 15) is 13.2 Å². The van der Waals surface area contributed by atoms with Gasteiger partial charge in [0.05, 0.1) is 20.8 Å². The maximum Gasteiger partial charge on any atom is 0.573 e. The number of alkyl halides is 3. The van der Waals surface area contributed by atoms with Gasteiger partial charge in [0.25, 0.3) is 0 Å². The number of anilines is 3. The molecule has 0 spiro atoms. The molecule has 0 radical (unpaired) electrons. The number of hydrogen-bond acceptors (Lipinski definition) is 4. The van der Waals surface area contributed by atoms with Crippen LogP contribution in [0, 0.1) is 0 Å². The van der Waals surface area contributed by atoms with Crippen LogP contribution in [0.15, 0.2) is 39.4 Å². The van der Waals surface area contributed by atoms with Crippen molar-refractivity contribution in [3.63, 3.8) is 0 Å². The average molecular weight is 427 g/mol. The molecule has 1 heterocycles. The zero-order chi connectivity index (χ0) is 15.6.